The predicted molar refractivity (Wildman–Crippen MR) is 87.1 cm³/mol. The van der Waals surface area contributed by atoms with E-state index in [1.54, 1.807) is 0 Å². The number of aryl methyl sites for hydroxylation is 1. The molecule has 0 aliphatic carbocycles. The number of amidine groups is 1. The number of anilines is 2. The van der Waals surface area contributed by atoms with Crippen LogP contribution in [0.5, 0.6) is 0 Å². The second-order valence-electron chi connectivity index (χ2n) is 4.88. The lowest BCUT2D eigenvalue weighted by molar-refractivity contribution is -0.116. The number of carbonyl (C=O) groups is 1. The van der Waals surface area contributed by atoms with Crippen LogP contribution in [-0.2, 0) is 4.79 Å². The van der Waals surface area contributed by atoms with Crippen LogP contribution in [0.3, 0.4) is 0 Å². The summed E-state index contributed by atoms with van der Waals surface area (Å²) < 4.78 is 0. The quantitative estimate of drug-likeness (QED) is 0.888. The van der Waals surface area contributed by atoms with Crippen LogP contribution in [0.25, 0.3) is 0 Å². The van der Waals surface area contributed by atoms with E-state index in [9.17, 15) is 4.79 Å². The highest BCUT2D eigenvalue weighted by Crippen LogP contribution is 2.21. The van der Waals surface area contributed by atoms with Gasteiger partial charge in [0, 0.05) is 30.8 Å². The summed E-state index contributed by atoms with van der Waals surface area (Å²) in [5, 5.41) is 6.26. The number of amides is 1. The molecular formula is C15H22ClN3O. The molecule has 0 unspecified atom stereocenters. The van der Waals surface area contributed by atoms with E-state index in [0.29, 0.717) is 6.42 Å². The minimum atomic E-state index is 0. The fourth-order valence-corrected chi connectivity index (χ4v) is 2.13. The number of hydrogen-bond donors (Lipinski definition) is 2. The molecule has 1 heterocycles. The first-order valence-electron chi connectivity index (χ1n) is 6.90. The van der Waals surface area contributed by atoms with Crippen molar-refractivity contribution in [3.63, 3.8) is 0 Å². The van der Waals surface area contributed by atoms with Gasteiger partial charge in [-0.2, -0.15) is 0 Å². The van der Waals surface area contributed by atoms with E-state index < -0.39 is 0 Å². The number of hydrogen-bond acceptors (Lipinski definition) is 3. The van der Waals surface area contributed by atoms with Crippen LogP contribution in [0.4, 0.5) is 11.4 Å². The number of benzene rings is 1. The molecular weight excluding hydrogens is 274 g/mol. The minimum Gasteiger partial charge on any atom is -0.344 e. The zero-order valence-corrected chi connectivity index (χ0v) is 12.8. The van der Waals surface area contributed by atoms with Crippen molar-refractivity contribution in [2.24, 2.45) is 4.99 Å². The molecule has 0 saturated carbocycles. The Hall–Kier alpha value is -1.55. The molecule has 1 aromatic carbocycles. The Morgan fingerprint density at radius 1 is 1.40 bits per heavy atom. The van der Waals surface area contributed by atoms with Crippen molar-refractivity contribution in [2.75, 3.05) is 17.2 Å². The van der Waals surface area contributed by atoms with Gasteiger partial charge in [0.05, 0.1) is 0 Å². The van der Waals surface area contributed by atoms with Crippen LogP contribution in [0.15, 0.2) is 23.2 Å². The molecule has 1 amide bonds. The molecule has 0 radical (unpaired) electrons. The molecule has 1 aliphatic heterocycles. The maximum atomic E-state index is 11.5. The highest BCUT2D eigenvalue weighted by Gasteiger charge is 2.08. The van der Waals surface area contributed by atoms with Crippen molar-refractivity contribution < 1.29 is 4.79 Å². The third kappa shape index (κ3) is 4.53. The molecule has 1 aliphatic rings. The molecule has 0 aromatic heterocycles. The maximum absolute atomic E-state index is 11.5. The highest BCUT2D eigenvalue weighted by atomic mass is 35.5. The average Bonchev–Trinajstić information content (AvgIpc) is 2.86. The smallest absolute Gasteiger partial charge is 0.224 e. The second-order valence-corrected chi connectivity index (χ2v) is 4.88. The first-order chi connectivity index (χ1) is 9.19. The van der Waals surface area contributed by atoms with E-state index in [0.717, 1.165) is 48.6 Å². The van der Waals surface area contributed by atoms with Crippen LogP contribution in [0.2, 0.25) is 0 Å². The number of aliphatic imine (C=N–C) groups is 1. The number of carbonyl (C=O) groups excluding carboxylic acids is 1. The highest BCUT2D eigenvalue weighted by molar-refractivity contribution is 5.97. The molecule has 2 N–H and O–H groups in total. The van der Waals surface area contributed by atoms with Crippen LogP contribution < -0.4 is 10.6 Å². The molecule has 5 heteroatoms. The molecule has 4 nitrogen and oxygen atoms in total. The van der Waals surface area contributed by atoms with Gasteiger partial charge in [-0.25, -0.2) is 0 Å². The van der Waals surface area contributed by atoms with Gasteiger partial charge in [-0.05, 0) is 43.5 Å². The monoisotopic (exact) mass is 295 g/mol. The lowest BCUT2D eigenvalue weighted by Crippen LogP contribution is -2.12. The van der Waals surface area contributed by atoms with Gasteiger partial charge in [-0.3, -0.25) is 9.79 Å². The van der Waals surface area contributed by atoms with E-state index in [4.69, 9.17) is 0 Å². The van der Waals surface area contributed by atoms with Crippen molar-refractivity contribution in [3.8, 4) is 0 Å². The minimum absolute atomic E-state index is 0. The predicted octanol–water partition coefficient (Wildman–Crippen LogP) is 3.76. The summed E-state index contributed by atoms with van der Waals surface area (Å²) in [6.07, 6.45) is 3.58. The van der Waals surface area contributed by atoms with Gasteiger partial charge in [-0.1, -0.05) is 6.92 Å². The summed E-state index contributed by atoms with van der Waals surface area (Å²) in [5.41, 5.74) is 3.04. The average molecular weight is 296 g/mol. The normalized spacial score (nSPS) is 13.4. The molecule has 0 spiro atoms. The van der Waals surface area contributed by atoms with Gasteiger partial charge in [0.25, 0.3) is 0 Å². The lowest BCUT2D eigenvalue weighted by atomic mass is 10.1. The molecule has 0 fully saturated rings. The van der Waals surface area contributed by atoms with Crippen LogP contribution >= 0.6 is 12.4 Å². The molecule has 1 aromatic rings. The summed E-state index contributed by atoms with van der Waals surface area (Å²) in [7, 11) is 0. The molecule has 110 valence electrons. The van der Waals surface area contributed by atoms with Gasteiger partial charge in [0.15, 0.2) is 0 Å². The molecule has 20 heavy (non-hydrogen) atoms. The lowest BCUT2D eigenvalue weighted by Gasteiger charge is -2.11. The van der Waals surface area contributed by atoms with Crippen molar-refractivity contribution in [3.05, 3.63) is 23.8 Å². The van der Waals surface area contributed by atoms with Crippen molar-refractivity contribution in [1.29, 1.82) is 0 Å². The third-order valence-electron chi connectivity index (χ3n) is 3.14. The van der Waals surface area contributed by atoms with Gasteiger partial charge in [0.1, 0.15) is 5.84 Å². The molecule has 2 rings (SSSR count). The third-order valence-corrected chi connectivity index (χ3v) is 3.14. The Kier molecular flexibility index (Phi) is 6.52. The van der Waals surface area contributed by atoms with E-state index in [2.05, 4.69) is 15.6 Å². The Morgan fingerprint density at radius 2 is 2.20 bits per heavy atom. The van der Waals surface area contributed by atoms with E-state index in [1.807, 2.05) is 32.0 Å². The summed E-state index contributed by atoms with van der Waals surface area (Å²) in [6.45, 7) is 4.96. The maximum Gasteiger partial charge on any atom is 0.224 e. The summed E-state index contributed by atoms with van der Waals surface area (Å²) in [5.74, 6) is 1.13. The van der Waals surface area contributed by atoms with Crippen molar-refractivity contribution in [2.45, 2.75) is 39.5 Å². The summed E-state index contributed by atoms with van der Waals surface area (Å²) in [4.78, 5) is 15.9. The Bertz CT molecular complexity index is 500. The summed E-state index contributed by atoms with van der Waals surface area (Å²) in [6, 6.07) is 5.92. The van der Waals surface area contributed by atoms with Gasteiger partial charge in [-0.15, -0.1) is 12.4 Å². The molecule has 0 bridgehead atoms. The number of halogens is 1. The summed E-state index contributed by atoms with van der Waals surface area (Å²) >= 11 is 0. The van der Waals surface area contributed by atoms with Crippen LogP contribution in [0.1, 0.15) is 38.2 Å². The SMILES string of the molecule is CCCC(=O)Nc1ccc(NC2=NCCC2)c(C)c1.Cl. The zero-order valence-electron chi connectivity index (χ0n) is 12.0. The largest absolute Gasteiger partial charge is 0.344 e. The Morgan fingerprint density at radius 3 is 2.80 bits per heavy atom. The van der Waals surface area contributed by atoms with Crippen molar-refractivity contribution >= 4 is 35.5 Å². The van der Waals surface area contributed by atoms with E-state index in [1.165, 1.54) is 0 Å². The topological polar surface area (TPSA) is 53.5 Å². The molecule has 0 saturated heterocycles. The van der Waals surface area contributed by atoms with Crippen molar-refractivity contribution in [1.82, 2.24) is 0 Å². The number of rotatable bonds is 4. The first kappa shape index (κ1) is 16.5. The van der Waals surface area contributed by atoms with E-state index >= 15 is 0 Å². The Labute approximate surface area is 126 Å². The van der Waals surface area contributed by atoms with Gasteiger partial charge in [0.2, 0.25) is 5.91 Å². The Balaban J connectivity index is 0.00000200. The second kappa shape index (κ2) is 7.90. The first-order valence-corrected chi connectivity index (χ1v) is 6.90. The number of nitrogens with one attached hydrogen (secondary N) is 2. The molecule has 0 atom stereocenters. The van der Waals surface area contributed by atoms with Crippen LogP contribution in [0, 0.1) is 6.92 Å². The standard InChI is InChI=1S/C15H21N3O.ClH/c1-3-5-15(19)17-12-7-8-13(11(2)10-12)18-14-6-4-9-16-14;/h7-8,10H,3-6,9H2,1-2H3,(H,16,18)(H,17,19);1H. The van der Waals surface area contributed by atoms with E-state index in [-0.39, 0.29) is 18.3 Å². The fourth-order valence-electron chi connectivity index (χ4n) is 2.13. The fraction of sp³-hybridized carbons (Fsp3) is 0.467. The van der Waals surface area contributed by atoms with Crippen LogP contribution in [-0.4, -0.2) is 18.3 Å². The zero-order chi connectivity index (χ0) is 13.7. The van der Waals surface area contributed by atoms with Gasteiger partial charge < -0.3 is 10.6 Å². The van der Waals surface area contributed by atoms with Gasteiger partial charge >= 0.3 is 0 Å². The number of nitrogens with zero attached hydrogens (tertiary/aromatic N) is 1.